The van der Waals surface area contributed by atoms with Crippen LogP contribution in [0.15, 0.2) is 27.9 Å². The van der Waals surface area contributed by atoms with Gasteiger partial charge in [0.1, 0.15) is 5.76 Å². The molecule has 0 aliphatic carbocycles. The van der Waals surface area contributed by atoms with Gasteiger partial charge in [-0.15, -0.1) is 24.0 Å². The van der Waals surface area contributed by atoms with Crippen LogP contribution in [0.5, 0.6) is 0 Å². The maximum atomic E-state index is 5.52. The first-order valence-electron chi connectivity index (χ1n) is 7.04. The number of aromatic nitrogens is 3. The van der Waals surface area contributed by atoms with Crippen LogP contribution in [0, 0.1) is 13.8 Å². The van der Waals surface area contributed by atoms with E-state index in [1.54, 1.807) is 13.2 Å². The van der Waals surface area contributed by atoms with Gasteiger partial charge in [-0.2, -0.15) is 5.10 Å². The molecule has 0 radical (unpaired) electrons. The van der Waals surface area contributed by atoms with E-state index in [9.17, 15) is 0 Å². The van der Waals surface area contributed by atoms with E-state index in [1.807, 2.05) is 30.8 Å². The van der Waals surface area contributed by atoms with Gasteiger partial charge in [-0.3, -0.25) is 9.67 Å². The number of rotatable bonds is 6. The highest BCUT2D eigenvalue weighted by atomic mass is 127. The van der Waals surface area contributed by atoms with Crippen LogP contribution >= 0.6 is 24.0 Å². The second-order valence-corrected chi connectivity index (χ2v) is 4.72. The number of halogens is 1. The highest BCUT2D eigenvalue weighted by Gasteiger charge is 2.06. The molecule has 22 heavy (non-hydrogen) atoms. The number of hydrogen-bond donors (Lipinski definition) is 2. The molecular weight excluding hydrogens is 395 g/mol. The molecule has 8 heteroatoms. The third kappa shape index (κ3) is 5.66. The zero-order valence-corrected chi connectivity index (χ0v) is 15.5. The Morgan fingerprint density at radius 2 is 2.18 bits per heavy atom. The minimum Gasteiger partial charge on any atom is -0.444 e. The van der Waals surface area contributed by atoms with Crippen LogP contribution in [-0.2, 0) is 13.1 Å². The Morgan fingerprint density at radius 1 is 1.36 bits per heavy atom. The van der Waals surface area contributed by atoms with Crippen LogP contribution in [0.25, 0.3) is 0 Å². The van der Waals surface area contributed by atoms with Crippen LogP contribution in [0.2, 0.25) is 0 Å². The number of aliphatic imine (C=N–C) groups is 1. The minimum atomic E-state index is 0. The lowest BCUT2D eigenvalue weighted by atomic mass is 10.4. The van der Waals surface area contributed by atoms with Gasteiger partial charge in [0.2, 0.25) is 5.89 Å². The second kappa shape index (κ2) is 9.44. The van der Waals surface area contributed by atoms with Crippen LogP contribution in [-0.4, -0.2) is 34.3 Å². The Labute approximate surface area is 147 Å². The zero-order chi connectivity index (χ0) is 15.1. The van der Waals surface area contributed by atoms with Crippen molar-refractivity contribution in [3.63, 3.8) is 0 Å². The highest BCUT2D eigenvalue weighted by Crippen LogP contribution is 2.07. The van der Waals surface area contributed by atoms with Gasteiger partial charge in [0.25, 0.3) is 0 Å². The van der Waals surface area contributed by atoms with E-state index in [4.69, 9.17) is 4.42 Å². The van der Waals surface area contributed by atoms with Crippen molar-refractivity contribution in [2.75, 3.05) is 13.6 Å². The van der Waals surface area contributed by atoms with E-state index >= 15 is 0 Å². The molecule has 0 fully saturated rings. The van der Waals surface area contributed by atoms with Crippen LogP contribution in [0.3, 0.4) is 0 Å². The predicted molar refractivity (Wildman–Crippen MR) is 96.4 cm³/mol. The van der Waals surface area contributed by atoms with Gasteiger partial charge in [0.05, 0.1) is 12.2 Å². The maximum Gasteiger partial charge on any atom is 0.214 e. The number of oxazole rings is 1. The fourth-order valence-electron chi connectivity index (χ4n) is 1.88. The Kier molecular flexibility index (Phi) is 7.92. The largest absolute Gasteiger partial charge is 0.444 e. The van der Waals surface area contributed by atoms with Gasteiger partial charge in [-0.1, -0.05) is 0 Å². The lowest BCUT2D eigenvalue weighted by Gasteiger charge is -2.10. The van der Waals surface area contributed by atoms with Gasteiger partial charge in [-0.25, -0.2) is 4.98 Å². The van der Waals surface area contributed by atoms with E-state index in [1.165, 1.54) is 0 Å². The molecule has 2 heterocycles. The van der Waals surface area contributed by atoms with E-state index < -0.39 is 0 Å². The highest BCUT2D eigenvalue weighted by molar-refractivity contribution is 14.0. The average Bonchev–Trinajstić information content (AvgIpc) is 3.09. The number of nitrogens with zero attached hydrogens (tertiary/aromatic N) is 4. The molecule has 7 nitrogen and oxygen atoms in total. The number of guanidine groups is 1. The first-order valence-corrected chi connectivity index (χ1v) is 7.04. The Bertz CT molecular complexity index is 559. The summed E-state index contributed by atoms with van der Waals surface area (Å²) in [5.74, 6) is 2.27. The lowest BCUT2D eigenvalue weighted by molar-refractivity contribution is 0.463. The molecule has 0 bridgehead atoms. The Balaban J connectivity index is 0.00000242. The quantitative estimate of drug-likeness (QED) is 0.324. The first kappa shape index (κ1) is 18.5. The SMILES string of the molecule is CN=C(NCCCn1cccn1)NCc1nc(C)c(C)o1.I. The molecule has 2 aromatic rings. The average molecular weight is 418 g/mol. The lowest BCUT2D eigenvalue weighted by Crippen LogP contribution is -2.37. The molecule has 0 atom stereocenters. The molecule has 2 N–H and O–H groups in total. The van der Waals surface area contributed by atoms with Crippen LogP contribution in [0.4, 0.5) is 0 Å². The molecule has 0 aliphatic rings. The van der Waals surface area contributed by atoms with E-state index in [0.717, 1.165) is 36.9 Å². The maximum absolute atomic E-state index is 5.52. The van der Waals surface area contributed by atoms with E-state index in [-0.39, 0.29) is 24.0 Å². The summed E-state index contributed by atoms with van der Waals surface area (Å²) in [5.41, 5.74) is 0.925. The smallest absolute Gasteiger partial charge is 0.214 e. The second-order valence-electron chi connectivity index (χ2n) is 4.72. The molecule has 2 rings (SSSR count). The third-order valence-corrected chi connectivity index (χ3v) is 3.12. The van der Waals surface area contributed by atoms with Gasteiger partial charge in [0.15, 0.2) is 5.96 Å². The third-order valence-electron chi connectivity index (χ3n) is 3.12. The zero-order valence-electron chi connectivity index (χ0n) is 13.2. The number of nitrogens with one attached hydrogen (secondary N) is 2. The van der Waals surface area contributed by atoms with Crippen molar-refractivity contribution in [3.8, 4) is 0 Å². The topological polar surface area (TPSA) is 80.3 Å². The molecular formula is C14H23IN6O. The van der Waals surface area contributed by atoms with Crippen molar-refractivity contribution >= 4 is 29.9 Å². The summed E-state index contributed by atoms with van der Waals surface area (Å²) in [6.07, 6.45) is 4.72. The Morgan fingerprint density at radius 3 is 2.77 bits per heavy atom. The summed E-state index contributed by atoms with van der Waals surface area (Å²) in [4.78, 5) is 8.49. The molecule has 0 amide bonds. The first-order chi connectivity index (χ1) is 10.2. The molecule has 2 aromatic heterocycles. The fraction of sp³-hybridized carbons (Fsp3) is 0.500. The Hall–Kier alpha value is -1.58. The summed E-state index contributed by atoms with van der Waals surface area (Å²) in [7, 11) is 1.74. The predicted octanol–water partition coefficient (Wildman–Crippen LogP) is 1.86. The van der Waals surface area contributed by atoms with Crippen molar-refractivity contribution in [1.29, 1.82) is 0 Å². The summed E-state index contributed by atoms with van der Waals surface area (Å²) >= 11 is 0. The molecule has 0 unspecified atom stereocenters. The normalized spacial score (nSPS) is 11.1. The fourth-order valence-corrected chi connectivity index (χ4v) is 1.88. The summed E-state index contributed by atoms with van der Waals surface area (Å²) in [5, 5.41) is 10.6. The molecule has 0 aromatic carbocycles. The summed E-state index contributed by atoms with van der Waals surface area (Å²) in [6, 6.07) is 1.92. The standard InChI is InChI=1S/C14H22N6O.HI/c1-11-12(2)21-13(19-11)10-17-14(15-3)16-6-4-8-20-9-5-7-18-20;/h5,7,9H,4,6,8,10H2,1-3H3,(H2,15,16,17);1H. The molecule has 0 saturated carbocycles. The summed E-state index contributed by atoms with van der Waals surface area (Å²) in [6.45, 7) is 6.07. The van der Waals surface area contributed by atoms with Crippen molar-refractivity contribution < 1.29 is 4.42 Å². The van der Waals surface area contributed by atoms with Gasteiger partial charge < -0.3 is 15.1 Å². The van der Waals surface area contributed by atoms with E-state index in [2.05, 4.69) is 25.7 Å². The van der Waals surface area contributed by atoms with E-state index in [0.29, 0.717) is 12.4 Å². The van der Waals surface area contributed by atoms with Gasteiger partial charge >= 0.3 is 0 Å². The monoisotopic (exact) mass is 418 g/mol. The van der Waals surface area contributed by atoms with Crippen molar-refractivity contribution in [1.82, 2.24) is 25.4 Å². The van der Waals surface area contributed by atoms with Crippen molar-refractivity contribution in [2.24, 2.45) is 4.99 Å². The number of hydrogen-bond acceptors (Lipinski definition) is 4. The molecule has 0 spiro atoms. The van der Waals surface area contributed by atoms with Gasteiger partial charge in [0, 0.05) is 32.5 Å². The minimum absolute atomic E-state index is 0. The van der Waals surface area contributed by atoms with Crippen molar-refractivity contribution in [2.45, 2.75) is 33.4 Å². The molecule has 0 saturated heterocycles. The van der Waals surface area contributed by atoms with Crippen LogP contribution < -0.4 is 10.6 Å². The van der Waals surface area contributed by atoms with Crippen LogP contribution in [0.1, 0.15) is 23.8 Å². The van der Waals surface area contributed by atoms with Crippen molar-refractivity contribution in [3.05, 3.63) is 35.8 Å². The van der Waals surface area contributed by atoms with Gasteiger partial charge in [-0.05, 0) is 26.3 Å². The summed E-state index contributed by atoms with van der Waals surface area (Å²) < 4.78 is 7.43. The number of aryl methyl sites for hydroxylation is 3. The molecule has 0 aliphatic heterocycles. The molecule has 122 valence electrons.